The molecule has 0 saturated heterocycles. The van der Waals surface area contributed by atoms with E-state index in [1.807, 2.05) is 12.1 Å². The molecule has 0 fully saturated rings. The van der Waals surface area contributed by atoms with Gasteiger partial charge in [-0.2, -0.15) is 15.1 Å². The molecule has 0 unspecified atom stereocenters. The molecule has 3 aromatic rings. The third-order valence-corrected chi connectivity index (χ3v) is 6.05. The number of fused-ring (bicyclic) bond motifs is 1. The van der Waals surface area contributed by atoms with Crippen LogP contribution in [0.15, 0.2) is 87.0 Å². The molecule has 1 N–H and O–H groups in total. The Balaban J connectivity index is 1.31. The van der Waals surface area contributed by atoms with E-state index in [1.54, 1.807) is 48.5 Å². The Labute approximate surface area is 203 Å². The van der Waals surface area contributed by atoms with Crippen molar-refractivity contribution in [1.82, 2.24) is 5.01 Å². The number of carbonyl (C=O) groups excluding carboxylic acids is 2. The van der Waals surface area contributed by atoms with E-state index in [0.29, 0.717) is 27.9 Å². The summed E-state index contributed by atoms with van der Waals surface area (Å²) in [5, 5.41) is 16.1. The Bertz CT molecular complexity index is 1380. The van der Waals surface area contributed by atoms with Gasteiger partial charge in [0.1, 0.15) is 10.8 Å². The zero-order valence-corrected chi connectivity index (χ0v) is 19.0. The lowest BCUT2D eigenvalue weighted by atomic mass is 10.1. The van der Waals surface area contributed by atoms with Crippen LogP contribution in [0.25, 0.3) is 6.08 Å². The summed E-state index contributed by atoms with van der Waals surface area (Å²) in [6.07, 6.45) is 3.48. The molecular formula is C24H15ClN4O4S. The first-order valence-corrected chi connectivity index (χ1v) is 11.2. The van der Waals surface area contributed by atoms with Gasteiger partial charge in [-0.25, -0.2) is 4.79 Å². The van der Waals surface area contributed by atoms with Gasteiger partial charge in [0, 0.05) is 11.4 Å². The number of halogens is 1. The molecule has 5 rings (SSSR count). The largest absolute Gasteiger partial charge is 0.457 e. The lowest BCUT2D eigenvalue weighted by Crippen LogP contribution is -2.35. The minimum atomic E-state index is -0.610. The standard InChI is InChI=1S/C24H15ClN4O4S/c25-16-7-3-15(4-8-16)13-20-28-29-21(26)18(22(30)27-24(29)34-20)12-14-5-9-17(10-6-14)33-23(31)19-2-1-11-32-19/h1-12,26H,13H2/b18-12+,26-21?. The lowest BCUT2D eigenvalue weighted by Gasteiger charge is -2.20. The first-order valence-electron chi connectivity index (χ1n) is 10.1. The molecule has 1 aromatic heterocycles. The quantitative estimate of drug-likeness (QED) is 0.306. The molecule has 0 bridgehead atoms. The second-order valence-electron chi connectivity index (χ2n) is 7.25. The Morgan fingerprint density at radius 3 is 2.62 bits per heavy atom. The van der Waals surface area contributed by atoms with Crippen molar-refractivity contribution in [2.45, 2.75) is 6.42 Å². The van der Waals surface area contributed by atoms with Crippen LogP contribution in [-0.2, 0) is 11.2 Å². The minimum Gasteiger partial charge on any atom is -0.457 e. The molecule has 2 aliphatic rings. The summed E-state index contributed by atoms with van der Waals surface area (Å²) in [5.74, 6) is -0.759. The van der Waals surface area contributed by atoms with E-state index in [-0.39, 0.29) is 17.2 Å². The number of thioether (sulfide) groups is 1. The predicted molar refractivity (Wildman–Crippen MR) is 130 cm³/mol. The summed E-state index contributed by atoms with van der Waals surface area (Å²) in [7, 11) is 0. The van der Waals surface area contributed by atoms with E-state index in [1.165, 1.54) is 29.1 Å². The SMILES string of the molecule is N=C1/C(=C\c2ccc(OC(=O)c3ccco3)cc2)C(=O)N=C2SC(Cc3ccc(Cl)cc3)=NN12. The summed E-state index contributed by atoms with van der Waals surface area (Å²) in [4.78, 5) is 28.7. The van der Waals surface area contributed by atoms with E-state index in [0.717, 1.165) is 10.6 Å². The van der Waals surface area contributed by atoms with Crippen molar-refractivity contribution in [2.24, 2.45) is 10.1 Å². The van der Waals surface area contributed by atoms with Gasteiger partial charge in [-0.15, -0.1) is 0 Å². The van der Waals surface area contributed by atoms with Crippen LogP contribution in [-0.4, -0.2) is 32.9 Å². The molecule has 2 aromatic carbocycles. The molecule has 0 atom stereocenters. The van der Waals surface area contributed by atoms with Crippen LogP contribution in [0.5, 0.6) is 5.75 Å². The van der Waals surface area contributed by atoms with Crippen LogP contribution in [0.2, 0.25) is 5.02 Å². The van der Waals surface area contributed by atoms with Gasteiger partial charge in [-0.3, -0.25) is 10.2 Å². The van der Waals surface area contributed by atoms with Crippen molar-refractivity contribution >= 4 is 57.4 Å². The lowest BCUT2D eigenvalue weighted by molar-refractivity contribution is -0.114. The van der Waals surface area contributed by atoms with Gasteiger partial charge in [-0.05, 0) is 65.4 Å². The Morgan fingerprint density at radius 2 is 1.91 bits per heavy atom. The number of amidine groups is 2. The van der Waals surface area contributed by atoms with Crippen molar-refractivity contribution < 1.29 is 18.7 Å². The van der Waals surface area contributed by atoms with Gasteiger partial charge >= 0.3 is 5.97 Å². The molecule has 1 amide bonds. The normalized spacial score (nSPS) is 16.4. The molecule has 34 heavy (non-hydrogen) atoms. The van der Waals surface area contributed by atoms with Gasteiger partial charge in [0.15, 0.2) is 5.84 Å². The van der Waals surface area contributed by atoms with Crippen molar-refractivity contribution in [2.75, 3.05) is 0 Å². The van der Waals surface area contributed by atoms with E-state index in [2.05, 4.69) is 10.1 Å². The highest BCUT2D eigenvalue weighted by atomic mass is 35.5. The second kappa shape index (κ2) is 9.12. The zero-order valence-electron chi connectivity index (χ0n) is 17.4. The summed E-state index contributed by atoms with van der Waals surface area (Å²) in [6, 6.07) is 17.0. The number of hydrogen-bond donors (Lipinski definition) is 1. The highest BCUT2D eigenvalue weighted by Crippen LogP contribution is 2.30. The van der Waals surface area contributed by atoms with Crippen LogP contribution in [0, 0.1) is 5.41 Å². The molecule has 0 radical (unpaired) electrons. The van der Waals surface area contributed by atoms with Gasteiger partial charge in [0.2, 0.25) is 10.9 Å². The number of aliphatic imine (C=N–C) groups is 1. The smallest absolute Gasteiger partial charge is 0.379 e. The van der Waals surface area contributed by atoms with E-state index >= 15 is 0 Å². The Morgan fingerprint density at radius 1 is 1.15 bits per heavy atom. The third-order valence-electron chi connectivity index (χ3n) is 4.89. The maximum Gasteiger partial charge on any atom is 0.379 e. The molecule has 0 aliphatic carbocycles. The van der Waals surface area contributed by atoms with Gasteiger partial charge in [-0.1, -0.05) is 35.9 Å². The maximum atomic E-state index is 12.6. The highest BCUT2D eigenvalue weighted by molar-refractivity contribution is 8.26. The van der Waals surface area contributed by atoms with Crippen molar-refractivity contribution in [3.8, 4) is 5.75 Å². The number of benzene rings is 2. The molecule has 0 saturated carbocycles. The fraction of sp³-hybridized carbons (Fsp3) is 0.0417. The first-order chi connectivity index (χ1) is 16.5. The van der Waals surface area contributed by atoms with E-state index in [4.69, 9.17) is 26.2 Å². The highest BCUT2D eigenvalue weighted by Gasteiger charge is 2.35. The van der Waals surface area contributed by atoms with Crippen LogP contribution in [0.4, 0.5) is 0 Å². The molecular weight excluding hydrogens is 476 g/mol. The number of ether oxygens (including phenoxy) is 1. The summed E-state index contributed by atoms with van der Waals surface area (Å²) in [5.41, 5.74) is 1.76. The number of esters is 1. The number of carbonyl (C=O) groups is 2. The summed E-state index contributed by atoms with van der Waals surface area (Å²) in [6.45, 7) is 0. The van der Waals surface area contributed by atoms with E-state index < -0.39 is 11.9 Å². The number of hydrogen-bond acceptors (Lipinski definition) is 7. The predicted octanol–water partition coefficient (Wildman–Crippen LogP) is 5.01. The van der Waals surface area contributed by atoms with Crippen LogP contribution >= 0.6 is 23.4 Å². The molecule has 168 valence electrons. The molecule has 2 aliphatic heterocycles. The van der Waals surface area contributed by atoms with Gasteiger partial charge in [0.25, 0.3) is 5.91 Å². The minimum absolute atomic E-state index is 0.0538. The average Bonchev–Trinajstić information content (AvgIpc) is 3.50. The van der Waals surface area contributed by atoms with Crippen LogP contribution in [0.1, 0.15) is 21.7 Å². The monoisotopic (exact) mass is 490 g/mol. The Hall–Kier alpha value is -3.95. The molecule has 3 heterocycles. The van der Waals surface area contributed by atoms with Crippen molar-refractivity contribution in [3.05, 3.63) is 94.4 Å². The third kappa shape index (κ3) is 4.57. The first kappa shape index (κ1) is 21.9. The number of nitrogens with zero attached hydrogens (tertiary/aromatic N) is 3. The number of furan rings is 1. The summed E-state index contributed by atoms with van der Waals surface area (Å²) < 4.78 is 10.3. The second-order valence-corrected chi connectivity index (χ2v) is 8.73. The van der Waals surface area contributed by atoms with E-state index in [9.17, 15) is 9.59 Å². The van der Waals surface area contributed by atoms with Crippen molar-refractivity contribution in [3.63, 3.8) is 0 Å². The number of amides is 1. The van der Waals surface area contributed by atoms with Crippen LogP contribution < -0.4 is 4.74 Å². The fourth-order valence-corrected chi connectivity index (χ4v) is 4.28. The fourth-order valence-electron chi connectivity index (χ4n) is 3.23. The number of nitrogens with one attached hydrogen (secondary N) is 1. The van der Waals surface area contributed by atoms with Gasteiger partial charge < -0.3 is 9.15 Å². The summed E-state index contributed by atoms with van der Waals surface area (Å²) >= 11 is 7.20. The number of rotatable bonds is 5. The van der Waals surface area contributed by atoms with Gasteiger partial charge in [0.05, 0.1) is 11.8 Å². The molecule has 8 nitrogen and oxygen atoms in total. The molecule has 10 heteroatoms. The average molecular weight is 491 g/mol. The zero-order chi connectivity index (χ0) is 23.7. The van der Waals surface area contributed by atoms with Crippen molar-refractivity contribution in [1.29, 1.82) is 5.41 Å². The number of hydrazone groups is 1. The van der Waals surface area contributed by atoms with Crippen LogP contribution in [0.3, 0.4) is 0 Å². The molecule has 0 spiro atoms. The maximum absolute atomic E-state index is 12.6. The Kier molecular flexibility index (Phi) is 5.87. The topological polar surface area (TPSA) is 108 Å².